The van der Waals surface area contributed by atoms with Crippen LogP contribution in [0, 0.1) is 11.2 Å². The van der Waals surface area contributed by atoms with Crippen molar-refractivity contribution in [2.45, 2.75) is 39.7 Å². The Balaban J connectivity index is 2.66. The highest BCUT2D eigenvalue weighted by atomic mass is 79.9. The molecule has 0 saturated heterocycles. The van der Waals surface area contributed by atoms with Crippen LogP contribution in [0.4, 0.5) is 4.39 Å². The molecule has 1 unspecified atom stereocenters. The molecule has 1 nitrogen and oxygen atoms in total. The number of rotatable bonds is 3. The standard InChI is InChI=1S/C13H18BrFO/c1-13(2,3)8-12(16)6-9-4-10(14)7-11(15)5-9/h4-5,7,12,16H,6,8H2,1-3H3. The van der Waals surface area contributed by atoms with Crippen molar-refractivity contribution in [3.63, 3.8) is 0 Å². The van der Waals surface area contributed by atoms with Gasteiger partial charge in [-0.3, -0.25) is 0 Å². The van der Waals surface area contributed by atoms with Crippen LogP contribution in [-0.4, -0.2) is 11.2 Å². The van der Waals surface area contributed by atoms with E-state index in [9.17, 15) is 9.50 Å². The van der Waals surface area contributed by atoms with Crippen LogP contribution in [0.15, 0.2) is 22.7 Å². The molecule has 0 aliphatic heterocycles. The molecule has 0 aliphatic rings. The Kier molecular flexibility index (Phi) is 4.51. The Hall–Kier alpha value is -0.410. The monoisotopic (exact) mass is 288 g/mol. The molecule has 1 N–H and O–H groups in total. The van der Waals surface area contributed by atoms with Crippen molar-refractivity contribution in [3.8, 4) is 0 Å². The second-order valence-electron chi connectivity index (χ2n) is 5.40. The molecule has 1 atom stereocenters. The first-order valence-electron chi connectivity index (χ1n) is 5.39. The molecule has 0 aromatic heterocycles. The van der Waals surface area contributed by atoms with Gasteiger partial charge in [-0.25, -0.2) is 4.39 Å². The summed E-state index contributed by atoms with van der Waals surface area (Å²) in [4.78, 5) is 0. The lowest BCUT2D eigenvalue weighted by molar-refractivity contribution is 0.121. The molecule has 0 heterocycles. The fourth-order valence-corrected chi connectivity index (χ4v) is 2.29. The number of hydrogen-bond acceptors (Lipinski definition) is 1. The van der Waals surface area contributed by atoms with Crippen molar-refractivity contribution in [2.75, 3.05) is 0 Å². The van der Waals surface area contributed by atoms with Gasteiger partial charge in [-0.15, -0.1) is 0 Å². The predicted octanol–water partition coefficient (Wildman–Crippen LogP) is 3.93. The van der Waals surface area contributed by atoms with E-state index >= 15 is 0 Å². The second kappa shape index (κ2) is 5.28. The quantitative estimate of drug-likeness (QED) is 0.894. The SMILES string of the molecule is CC(C)(C)CC(O)Cc1cc(F)cc(Br)c1. The van der Waals surface area contributed by atoms with Crippen LogP contribution in [0.3, 0.4) is 0 Å². The van der Waals surface area contributed by atoms with Crippen molar-refractivity contribution < 1.29 is 9.50 Å². The predicted molar refractivity (Wildman–Crippen MR) is 67.9 cm³/mol. The summed E-state index contributed by atoms with van der Waals surface area (Å²) >= 11 is 3.24. The summed E-state index contributed by atoms with van der Waals surface area (Å²) in [6.45, 7) is 6.24. The van der Waals surface area contributed by atoms with Gasteiger partial charge in [-0.1, -0.05) is 36.7 Å². The fraction of sp³-hybridized carbons (Fsp3) is 0.538. The maximum atomic E-state index is 13.1. The largest absolute Gasteiger partial charge is 0.393 e. The van der Waals surface area contributed by atoms with Gasteiger partial charge in [0.25, 0.3) is 0 Å². The van der Waals surface area contributed by atoms with Gasteiger partial charge in [-0.05, 0) is 42.0 Å². The first-order valence-corrected chi connectivity index (χ1v) is 6.18. The minimum atomic E-state index is -0.423. The van der Waals surface area contributed by atoms with Gasteiger partial charge in [0, 0.05) is 4.47 Å². The van der Waals surface area contributed by atoms with E-state index in [1.807, 2.05) is 6.07 Å². The Morgan fingerprint density at radius 2 is 1.94 bits per heavy atom. The highest BCUT2D eigenvalue weighted by Gasteiger charge is 2.17. The van der Waals surface area contributed by atoms with Gasteiger partial charge in [0.2, 0.25) is 0 Å². The molecule has 1 aromatic rings. The molecule has 1 rings (SSSR count). The van der Waals surface area contributed by atoms with E-state index < -0.39 is 6.10 Å². The number of halogens is 2. The van der Waals surface area contributed by atoms with Gasteiger partial charge < -0.3 is 5.11 Å². The molecule has 16 heavy (non-hydrogen) atoms. The fourth-order valence-electron chi connectivity index (χ4n) is 1.78. The third-order valence-electron chi connectivity index (χ3n) is 2.24. The minimum Gasteiger partial charge on any atom is -0.393 e. The molecular formula is C13H18BrFO. The van der Waals surface area contributed by atoms with Crippen LogP contribution in [-0.2, 0) is 6.42 Å². The van der Waals surface area contributed by atoms with Crippen molar-refractivity contribution in [1.29, 1.82) is 0 Å². The molecule has 0 bridgehead atoms. The minimum absolute atomic E-state index is 0.0873. The van der Waals surface area contributed by atoms with Gasteiger partial charge in [-0.2, -0.15) is 0 Å². The van der Waals surface area contributed by atoms with Crippen LogP contribution < -0.4 is 0 Å². The van der Waals surface area contributed by atoms with Crippen molar-refractivity contribution in [2.24, 2.45) is 5.41 Å². The van der Waals surface area contributed by atoms with Crippen LogP contribution in [0.5, 0.6) is 0 Å². The van der Waals surface area contributed by atoms with Crippen molar-refractivity contribution >= 4 is 15.9 Å². The second-order valence-corrected chi connectivity index (χ2v) is 6.32. The van der Waals surface area contributed by atoms with E-state index in [0.29, 0.717) is 17.3 Å². The summed E-state index contributed by atoms with van der Waals surface area (Å²) < 4.78 is 13.8. The molecule has 0 aliphatic carbocycles. The maximum Gasteiger partial charge on any atom is 0.124 e. The van der Waals surface area contributed by atoms with Gasteiger partial charge >= 0.3 is 0 Å². The highest BCUT2D eigenvalue weighted by molar-refractivity contribution is 9.10. The Labute approximate surface area is 105 Å². The summed E-state index contributed by atoms with van der Waals surface area (Å²) in [6.07, 6.45) is 0.781. The van der Waals surface area contributed by atoms with Gasteiger partial charge in [0.1, 0.15) is 5.82 Å². The highest BCUT2D eigenvalue weighted by Crippen LogP contribution is 2.23. The van der Waals surface area contributed by atoms with Crippen LogP contribution >= 0.6 is 15.9 Å². The molecular weight excluding hydrogens is 271 g/mol. The summed E-state index contributed by atoms with van der Waals surface area (Å²) in [7, 11) is 0. The number of aliphatic hydroxyl groups is 1. The topological polar surface area (TPSA) is 20.2 Å². The normalized spacial score (nSPS) is 13.9. The molecule has 1 aromatic carbocycles. The number of benzene rings is 1. The summed E-state index contributed by atoms with van der Waals surface area (Å²) in [5.41, 5.74) is 0.910. The summed E-state index contributed by atoms with van der Waals surface area (Å²) in [6, 6.07) is 4.73. The van der Waals surface area contributed by atoms with E-state index in [4.69, 9.17) is 0 Å². The third-order valence-corrected chi connectivity index (χ3v) is 2.70. The summed E-state index contributed by atoms with van der Waals surface area (Å²) in [5, 5.41) is 9.88. The van der Waals surface area contributed by atoms with Gasteiger partial charge in [0.15, 0.2) is 0 Å². The smallest absolute Gasteiger partial charge is 0.124 e. The summed E-state index contributed by atoms with van der Waals surface area (Å²) in [5.74, 6) is -0.271. The van der Waals surface area contributed by atoms with E-state index in [0.717, 1.165) is 5.56 Å². The zero-order valence-electron chi connectivity index (χ0n) is 9.93. The van der Waals surface area contributed by atoms with Gasteiger partial charge in [0.05, 0.1) is 6.10 Å². The Bertz CT molecular complexity index is 337. The zero-order valence-corrected chi connectivity index (χ0v) is 11.5. The molecule has 0 saturated carbocycles. The molecule has 0 amide bonds. The van der Waals surface area contributed by atoms with Crippen LogP contribution in [0.2, 0.25) is 0 Å². The lowest BCUT2D eigenvalue weighted by atomic mass is 9.87. The lowest BCUT2D eigenvalue weighted by Gasteiger charge is -2.22. The van der Waals surface area contributed by atoms with E-state index in [-0.39, 0.29) is 11.2 Å². The number of hydrogen-bond donors (Lipinski definition) is 1. The first-order chi connectivity index (χ1) is 7.26. The van der Waals surface area contributed by atoms with E-state index in [1.165, 1.54) is 12.1 Å². The number of aliphatic hydroxyl groups excluding tert-OH is 1. The van der Waals surface area contributed by atoms with Crippen LogP contribution in [0.1, 0.15) is 32.8 Å². The average molecular weight is 289 g/mol. The van der Waals surface area contributed by atoms with Crippen LogP contribution in [0.25, 0.3) is 0 Å². The third kappa shape index (κ3) is 5.08. The lowest BCUT2D eigenvalue weighted by Crippen LogP contribution is -2.19. The first kappa shape index (κ1) is 13.7. The van der Waals surface area contributed by atoms with Crippen molar-refractivity contribution in [3.05, 3.63) is 34.1 Å². The Morgan fingerprint density at radius 1 is 1.31 bits per heavy atom. The Morgan fingerprint density at radius 3 is 2.44 bits per heavy atom. The molecule has 90 valence electrons. The molecule has 3 heteroatoms. The maximum absolute atomic E-state index is 13.1. The molecule has 0 fully saturated rings. The average Bonchev–Trinajstić information content (AvgIpc) is 1.96. The molecule has 0 radical (unpaired) electrons. The molecule has 0 spiro atoms. The van der Waals surface area contributed by atoms with Crippen molar-refractivity contribution in [1.82, 2.24) is 0 Å². The van der Waals surface area contributed by atoms with E-state index in [1.54, 1.807) is 0 Å². The zero-order chi connectivity index (χ0) is 12.3. The van der Waals surface area contributed by atoms with E-state index in [2.05, 4.69) is 36.7 Å².